The van der Waals surface area contributed by atoms with Crippen LogP contribution in [0.5, 0.6) is 0 Å². The molecule has 1 atom stereocenters. The Labute approximate surface area is 118 Å². The highest BCUT2D eigenvalue weighted by atomic mass is 79.9. The summed E-state index contributed by atoms with van der Waals surface area (Å²) in [4.78, 5) is 11.5. The maximum atomic E-state index is 13.6. The number of amides is 1. The SMILES string of the molecule is NC(=O)C(Nc1ccccc1F)c1cccc(Br)c1. The summed E-state index contributed by atoms with van der Waals surface area (Å²) in [5.41, 5.74) is 6.29. The van der Waals surface area contributed by atoms with Gasteiger partial charge in [-0.3, -0.25) is 4.79 Å². The maximum Gasteiger partial charge on any atom is 0.244 e. The van der Waals surface area contributed by atoms with Gasteiger partial charge < -0.3 is 11.1 Å². The molecule has 1 amide bonds. The standard InChI is InChI=1S/C14H12BrFN2O/c15-10-5-3-4-9(8-10)13(14(17)19)18-12-7-2-1-6-11(12)16/h1-8,13,18H,(H2,17,19). The van der Waals surface area contributed by atoms with Crippen molar-refractivity contribution < 1.29 is 9.18 Å². The molecular formula is C14H12BrFN2O. The van der Waals surface area contributed by atoms with Crippen LogP contribution < -0.4 is 11.1 Å². The van der Waals surface area contributed by atoms with E-state index in [0.717, 1.165) is 4.47 Å². The van der Waals surface area contributed by atoms with Gasteiger partial charge in [-0.2, -0.15) is 0 Å². The van der Waals surface area contributed by atoms with Crippen LogP contribution in [0.2, 0.25) is 0 Å². The molecule has 98 valence electrons. The van der Waals surface area contributed by atoms with Crippen LogP contribution >= 0.6 is 15.9 Å². The summed E-state index contributed by atoms with van der Waals surface area (Å²) in [6, 6.07) is 12.5. The minimum Gasteiger partial charge on any atom is -0.368 e. The van der Waals surface area contributed by atoms with Crippen molar-refractivity contribution in [3.05, 3.63) is 64.4 Å². The Morgan fingerprint density at radius 2 is 1.95 bits per heavy atom. The third-order valence-electron chi connectivity index (χ3n) is 2.64. The van der Waals surface area contributed by atoms with Gasteiger partial charge in [0.2, 0.25) is 5.91 Å². The lowest BCUT2D eigenvalue weighted by molar-refractivity contribution is -0.118. The van der Waals surface area contributed by atoms with Crippen molar-refractivity contribution in [1.29, 1.82) is 0 Å². The van der Waals surface area contributed by atoms with E-state index in [1.165, 1.54) is 6.07 Å². The van der Waals surface area contributed by atoms with Crippen molar-refractivity contribution in [2.45, 2.75) is 6.04 Å². The second-order valence-electron chi connectivity index (χ2n) is 4.01. The summed E-state index contributed by atoms with van der Waals surface area (Å²) in [6.07, 6.45) is 0. The van der Waals surface area contributed by atoms with Crippen LogP contribution in [0.1, 0.15) is 11.6 Å². The lowest BCUT2D eigenvalue weighted by Gasteiger charge is -2.17. The molecule has 0 spiro atoms. The average molecular weight is 323 g/mol. The van der Waals surface area contributed by atoms with Crippen molar-refractivity contribution in [3.8, 4) is 0 Å². The van der Waals surface area contributed by atoms with Gasteiger partial charge in [0.25, 0.3) is 0 Å². The van der Waals surface area contributed by atoms with Crippen molar-refractivity contribution in [1.82, 2.24) is 0 Å². The Kier molecular flexibility index (Phi) is 4.16. The summed E-state index contributed by atoms with van der Waals surface area (Å²) in [5.74, 6) is -0.995. The number of anilines is 1. The summed E-state index contributed by atoms with van der Waals surface area (Å²) in [7, 11) is 0. The van der Waals surface area contributed by atoms with Crippen LogP contribution in [0, 0.1) is 5.82 Å². The highest BCUT2D eigenvalue weighted by Gasteiger charge is 2.19. The monoisotopic (exact) mass is 322 g/mol. The lowest BCUT2D eigenvalue weighted by Crippen LogP contribution is -2.28. The van der Waals surface area contributed by atoms with Gasteiger partial charge in [-0.05, 0) is 29.8 Å². The molecule has 19 heavy (non-hydrogen) atoms. The van der Waals surface area contributed by atoms with E-state index < -0.39 is 17.8 Å². The Morgan fingerprint density at radius 3 is 2.58 bits per heavy atom. The van der Waals surface area contributed by atoms with Crippen LogP contribution in [0.15, 0.2) is 53.0 Å². The third-order valence-corrected chi connectivity index (χ3v) is 3.13. The van der Waals surface area contributed by atoms with E-state index in [4.69, 9.17) is 5.73 Å². The zero-order chi connectivity index (χ0) is 13.8. The molecule has 2 aromatic carbocycles. The first-order chi connectivity index (χ1) is 9.08. The molecule has 5 heteroatoms. The molecule has 0 aliphatic rings. The predicted molar refractivity (Wildman–Crippen MR) is 76.1 cm³/mol. The summed E-state index contributed by atoms with van der Waals surface area (Å²) >= 11 is 3.33. The predicted octanol–water partition coefficient (Wildman–Crippen LogP) is 3.23. The Morgan fingerprint density at radius 1 is 1.21 bits per heavy atom. The second-order valence-corrected chi connectivity index (χ2v) is 4.93. The van der Waals surface area contributed by atoms with Crippen molar-refractivity contribution in [2.24, 2.45) is 5.73 Å². The van der Waals surface area contributed by atoms with Gasteiger partial charge in [0.15, 0.2) is 0 Å². The molecule has 3 nitrogen and oxygen atoms in total. The van der Waals surface area contributed by atoms with E-state index in [1.807, 2.05) is 6.07 Å². The van der Waals surface area contributed by atoms with Crippen LogP contribution in [0.4, 0.5) is 10.1 Å². The lowest BCUT2D eigenvalue weighted by atomic mass is 10.1. The molecule has 1 unspecified atom stereocenters. The first kappa shape index (κ1) is 13.5. The molecule has 0 aliphatic heterocycles. The fourth-order valence-corrected chi connectivity index (χ4v) is 2.16. The van der Waals surface area contributed by atoms with Crippen LogP contribution in [0.25, 0.3) is 0 Å². The number of rotatable bonds is 4. The zero-order valence-corrected chi connectivity index (χ0v) is 11.5. The van der Waals surface area contributed by atoms with E-state index in [2.05, 4.69) is 21.2 Å². The molecule has 2 aromatic rings. The van der Waals surface area contributed by atoms with E-state index in [-0.39, 0.29) is 5.69 Å². The second kappa shape index (κ2) is 5.84. The molecule has 0 radical (unpaired) electrons. The van der Waals surface area contributed by atoms with Gasteiger partial charge in [-0.15, -0.1) is 0 Å². The Balaban J connectivity index is 2.32. The van der Waals surface area contributed by atoms with Gasteiger partial charge in [0, 0.05) is 4.47 Å². The van der Waals surface area contributed by atoms with E-state index in [9.17, 15) is 9.18 Å². The zero-order valence-electron chi connectivity index (χ0n) is 9.94. The van der Waals surface area contributed by atoms with Gasteiger partial charge in [0.1, 0.15) is 11.9 Å². The molecule has 2 rings (SSSR count). The smallest absolute Gasteiger partial charge is 0.244 e. The first-order valence-corrected chi connectivity index (χ1v) is 6.43. The number of nitrogens with two attached hydrogens (primary N) is 1. The molecular weight excluding hydrogens is 311 g/mol. The highest BCUT2D eigenvalue weighted by molar-refractivity contribution is 9.10. The molecule has 0 aliphatic carbocycles. The quantitative estimate of drug-likeness (QED) is 0.908. The molecule has 0 aromatic heterocycles. The van der Waals surface area contributed by atoms with Crippen molar-refractivity contribution in [3.63, 3.8) is 0 Å². The Hall–Kier alpha value is -1.88. The number of carbonyl (C=O) groups is 1. The summed E-state index contributed by atoms with van der Waals surface area (Å²) in [5, 5.41) is 2.82. The number of para-hydroxylation sites is 1. The normalized spacial score (nSPS) is 11.9. The highest BCUT2D eigenvalue weighted by Crippen LogP contribution is 2.23. The molecule has 0 saturated carbocycles. The number of nitrogens with one attached hydrogen (secondary N) is 1. The fourth-order valence-electron chi connectivity index (χ4n) is 1.74. The third kappa shape index (κ3) is 3.32. The molecule has 0 heterocycles. The van der Waals surface area contributed by atoms with Crippen LogP contribution in [-0.2, 0) is 4.79 Å². The minimum absolute atomic E-state index is 0.242. The number of hydrogen-bond donors (Lipinski definition) is 2. The van der Waals surface area contributed by atoms with E-state index in [1.54, 1.807) is 36.4 Å². The number of primary amides is 1. The van der Waals surface area contributed by atoms with Gasteiger partial charge >= 0.3 is 0 Å². The summed E-state index contributed by atoms with van der Waals surface area (Å²) < 4.78 is 14.4. The topological polar surface area (TPSA) is 55.1 Å². The summed E-state index contributed by atoms with van der Waals surface area (Å²) in [6.45, 7) is 0. The maximum absolute atomic E-state index is 13.6. The number of benzene rings is 2. The first-order valence-electron chi connectivity index (χ1n) is 5.64. The fraction of sp³-hybridized carbons (Fsp3) is 0.0714. The number of hydrogen-bond acceptors (Lipinski definition) is 2. The van der Waals surface area contributed by atoms with Crippen LogP contribution in [-0.4, -0.2) is 5.91 Å². The van der Waals surface area contributed by atoms with Crippen molar-refractivity contribution >= 4 is 27.5 Å². The molecule has 0 bridgehead atoms. The van der Waals surface area contributed by atoms with Crippen molar-refractivity contribution in [2.75, 3.05) is 5.32 Å². The molecule has 3 N–H and O–H groups in total. The van der Waals surface area contributed by atoms with Crippen LogP contribution in [0.3, 0.4) is 0 Å². The number of halogens is 2. The largest absolute Gasteiger partial charge is 0.368 e. The van der Waals surface area contributed by atoms with Gasteiger partial charge in [-0.1, -0.05) is 40.2 Å². The average Bonchev–Trinajstić information content (AvgIpc) is 2.37. The van der Waals surface area contributed by atoms with Gasteiger partial charge in [-0.25, -0.2) is 4.39 Å². The number of carbonyl (C=O) groups excluding carboxylic acids is 1. The minimum atomic E-state index is -0.783. The van der Waals surface area contributed by atoms with E-state index in [0.29, 0.717) is 5.56 Å². The van der Waals surface area contributed by atoms with E-state index >= 15 is 0 Å². The molecule has 0 saturated heterocycles. The van der Waals surface area contributed by atoms with Gasteiger partial charge in [0.05, 0.1) is 5.69 Å². The molecule has 0 fully saturated rings. The Bertz CT molecular complexity index is 604.